The molecule has 0 aliphatic carbocycles. The van der Waals surface area contributed by atoms with Crippen molar-refractivity contribution in [1.29, 1.82) is 0 Å². The third-order valence-corrected chi connectivity index (χ3v) is 4.09. The number of rotatable bonds is 3. The second-order valence-electron chi connectivity index (χ2n) is 4.40. The summed E-state index contributed by atoms with van der Waals surface area (Å²) in [4.78, 5) is 4.38. The summed E-state index contributed by atoms with van der Waals surface area (Å²) < 4.78 is 3.45. The summed E-state index contributed by atoms with van der Waals surface area (Å²) in [6.45, 7) is 0. The molecule has 1 unspecified atom stereocenters. The summed E-state index contributed by atoms with van der Waals surface area (Å²) >= 11 is 6.87. The Hall–Kier alpha value is -1.57. The van der Waals surface area contributed by atoms with Crippen molar-refractivity contribution < 1.29 is 0 Å². The monoisotopic (exact) mass is 407 g/mol. The molecule has 0 radical (unpaired) electrons. The molecule has 0 saturated carbocycles. The van der Waals surface area contributed by atoms with E-state index in [9.17, 15) is 0 Å². The number of pyridine rings is 1. The van der Waals surface area contributed by atoms with E-state index in [1.807, 2.05) is 36.4 Å². The zero-order valence-electron chi connectivity index (χ0n) is 10.8. The molecular weight excluding hydrogens is 398 g/mol. The lowest BCUT2D eigenvalue weighted by molar-refractivity contribution is 0.705. The summed E-state index contributed by atoms with van der Waals surface area (Å²) in [6.07, 6.45) is 3.38. The zero-order valence-corrected chi connectivity index (χ0v) is 14.0. The fourth-order valence-corrected chi connectivity index (χ4v) is 3.25. The highest BCUT2D eigenvalue weighted by molar-refractivity contribution is 9.11. The third-order valence-electron chi connectivity index (χ3n) is 3.03. The van der Waals surface area contributed by atoms with E-state index in [2.05, 4.69) is 47.2 Å². The smallest absolute Gasteiger partial charge is 0.0929 e. The normalized spacial score (nSPS) is 12.3. The number of hydrogen-bond acceptors (Lipinski definition) is 4. The largest absolute Gasteiger partial charge is 0.318 e. The van der Waals surface area contributed by atoms with E-state index >= 15 is 0 Å². The van der Waals surface area contributed by atoms with Crippen LogP contribution in [0.3, 0.4) is 0 Å². The van der Waals surface area contributed by atoms with Crippen LogP contribution in [0.2, 0.25) is 0 Å². The first-order valence-corrected chi connectivity index (χ1v) is 7.78. The van der Waals surface area contributed by atoms with Gasteiger partial charge in [0, 0.05) is 15.1 Å². The van der Waals surface area contributed by atoms with Crippen LogP contribution in [0, 0.1) is 0 Å². The van der Waals surface area contributed by atoms with E-state index in [0.29, 0.717) is 0 Å². The molecule has 106 valence electrons. The van der Waals surface area contributed by atoms with Crippen LogP contribution in [-0.2, 0) is 0 Å². The van der Waals surface area contributed by atoms with Gasteiger partial charge in [-0.2, -0.15) is 0 Å². The summed E-state index contributed by atoms with van der Waals surface area (Å²) in [5.74, 6) is 0. The first-order chi connectivity index (χ1) is 10.2. The maximum atomic E-state index is 6.34. The van der Waals surface area contributed by atoms with Gasteiger partial charge < -0.3 is 5.73 Å². The van der Waals surface area contributed by atoms with Gasteiger partial charge in [0.15, 0.2) is 0 Å². The fraction of sp³-hybridized carbons (Fsp3) is 0.0714. The molecule has 0 bridgehead atoms. The standard InChI is InChI=1S/C14H11Br2N5/c15-9-6-11(16)14(18-7-9)13(17)12-8-19-20-21(12)10-4-2-1-3-5-10/h1-8,13H,17H2. The van der Waals surface area contributed by atoms with Crippen LogP contribution in [0.1, 0.15) is 17.4 Å². The number of benzene rings is 1. The minimum Gasteiger partial charge on any atom is -0.318 e. The van der Waals surface area contributed by atoms with E-state index in [0.717, 1.165) is 26.0 Å². The molecule has 7 heteroatoms. The lowest BCUT2D eigenvalue weighted by atomic mass is 10.1. The third kappa shape index (κ3) is 2.90. The van der Waals surface area contributed by atoms with E-state index < -0.39 is 6.04 Å². The van der Waals surface area contributed by atoms with Crippen molar-refractivity contribution in [2.75, 3.05) is 0 Å². The molecule has 1 atom stereocenters. The predicted molar refractivity (Wildman–Crippen MR) is 87.0 cm³/mol. The Labute approximate surface area is 138 Å². The van der Waals surface area contributed by atoms with Gasteiger partial charge in [-0.25, -0.2) is 4.68 Å². The van der Waals surface area contributed by atoms with Crippen LogP contribution >= 0.6 is 31.9 Å². The molecule has 0 saturated heterocycles. The lowest BCUT2D eigenvalue weighted by Gasteiger charge is -2.14. The highest BCUT2D eigenvalue weighted by Gasteiger charge is 2.19. The average Bonchev–Trinajstić information content (AvgIpc) is 2.97. The Morgan fingerprint density at radius 2 is 1.86 bits per heavy atom. The number of halogens is 2. The first-order valence-electron chi connectivity index (χ1n) is 6.19. The molecule has 0 amide bonds. The molecule has 3 aromatic rings. The van der Waals surface area contributed by atoms with Gasteiger partial charge in [-0.3, -0.25) is 4.98 Å². The highest BCUT2D eigenvalue weighted by Crippen LogP contribution is 2.27. The Balaban J connectivity index is 2.03. The zero-order chi connectivity index (χ0) is 14.8. The van der Waals surface area contributed by atoms with E-state index in [1.54, 1.807) is 17.1 Å². The lowest BCUT2D eigenvalue weighted by Crippen LogP contribution is -2.18. The molecule has 0 aliphatic heterocycles. The molecule has 21 heavy (non-hydrogen) atoms. The molecule has 2 N–H and O–H groups in total. The van der Waals surface area contributed by atoms with Crippen molar-refractivity contribution in [2.24, 2.45) is 5.73 Å². The van der Waals surface area contributed by atoms with Gasteiger partial charge in [-0.1, -0.05) is 23.4 Å². The number of para-hydroxylation sites is 1. The van der Waals surface area contributed by atoms with Crippen molar-refractivity contribution in [3.05, 3.63) is 69.1 Å². The molecule has 0 fully saturated rings. The van der Waals surface area contributed by atoms with Crippen LogP contribution in [0.4, 0.5) is 0 Å². The maximum absolute atomic E-state index is 6.34. The first kappa shape index (κ1) is 14.4. The van der Waals surface area contributed by atoms with Crippen molar-refractivity contribution >= 4 is 31.9 Å². The van der Waals surface area contributed by atoms with E-state index in [1.165, 1.54) is 0 Å². The van der Waals surface area contributed by atoms with Crippen molar-refractivity contribution in [3.63, 3.8) is 0 Å². The molecule has 3 rings (SSSR count). The Morgan fingerprint density at radius 1 is 1.10 bits per heavy atom. The fourth-order valence-electron chi connectivity index (χ4n) is 2.02. The van der Waals surface area contributed by atoms with Crippen LogP contribution in [-0.4, -0.2) is 20.0 Å². The number of nitrogens with two attached hydrogens (primary N) is 1. The number of hydrogen-bond donors (Lipinski definition) is 1. The van der Waals surface area contributed by atoms with Gasteiger partial charge in [0.25, 0.3) is 0 Å². The van der Waals surface area contributed by atoms with Crippen molar-refractivity contribution in [2.45, 2.75) is 6.04 Å². The minimum absolute atomic E-state index is 0.428. The van der Waals surface area contributed by atoms with E-state index in [4.69, 9.17) is 5.73 Å². The van der Waals surface area contributed by atoms with Gasteiger partial charge in [-0.15, -0.1) is 5.10 Å². The Bertz CT molecular complexity index is 757. The minimum atomic E-state index is -0.428. The van der Waals surface area contributed by atoms with Gasteiger partial charge in [0.1, 0.15) is 0 Å². The molecule has 0 aliphatic rings. The second kappa shape index (κ2) is 6.05. The Kier molecular flexibility index (Phi) is 4.14. The van der Waals surface area contributed by atoms with Crippen molar-refractivity contribution in [3.8, 4) is 5.69 Å². The van der Waals surface area contributed by atoms with Crippen LogP contribution < -0.4 is 5.73 Å². The van der Waals surface area contributed by atoms with Gasteiger partial charge in [0.05, 0.1) is 29.3 Å². The van der Waals surface area contributed by atoms with Crippen LogP contribution in [0.5, 0.6) is 0 Å². The van der Waals surface area contributed by atoms with Crippen molar-refractivity contribution in [1.82, 2.24) is 20.0 Å². The second-order valence-corrected chi connectivity index (χ2v) is 6.17. The highest BCUT2D eigenvalue weighted by atomic mass is 79.9. The number of nitrogens with zero attached hydrogens (tertiary/aromatic N) is 4. The molecule has 0 spiro atoms. The summed E-state index contributed by atoms with van der Waals surface area (Å²) in [5, 5.41) is 8.09. The van der Waals surface area contributed by atoms with Gasteiger partial charge in [0.2, 0.25) is 0 Å². The molecule has 1 aromatic carbocycles. The predicted octanol–water partition coefficient (Wildman–Crippen LogP) is 3.24. The molecule has 2 aromatic heterocycles. The summed E-state index contributed by atoms with van der Waals surface area (Å²) in [5.41, 5.74) is 8.76. The quantitative estimate of drug-likeness (QED) is 0.722. The van der Waals surface area contributed by atoms with E-state index in [-0.39, 0.29) is 0 Å². The maximum Gasteiger partial charge on any atom is 0.0929 e. The Morgan fingerprint density at radius 3 is 2.57 bits per heavy atom. The van der Waals surface area contributed by atoms with Crippen LogP contribution in [0.15, 0.2) is 57.7 Å². The molecule has 5 nitrogen and oxygen atoms in total. The summed E-state index contributed by atoms with van der Waals surface area (Å²) in [6, 6.07) is 11.2. The summed E-state index contributed by atoms with van der Waals surface area (Å²) in [7, 11) is 0. The molecular formula is C14H11Br2N5. The average molecular weight is 409 g/mol. The van der Waals surface area contributed by atoms with Gasteiger partial charge >= 0.3 is 0 Å². The van der Waals surface area contributed by atoms with Crippen LogP contribution in [0.25, 0.3) is 5.69 Å². The number of aromatic nitrogens is 4. The topological polar surface area (TPSA) is 69.6 Å². The SMILES string of the molecule is NC(c1ncc(Br)cc1Br)c1cnnn1-c1ccccc1. The molecule has 2 heterocycles. The van der Waals surface area contributed by atoms with Gasteiger partial charge in [-0.05, 0) is 50.1 Å².